The van der Waals surface area contributed by atoms with Crippen molar-refractivity contribution in [2.24, 2.45) is 5.92 Å². The molecule has 3 aliphatic rings. The molecule has 3 rings (SSSR count). The molecule has 0 unspecified atom stereocenters. The van der Waals surface area contributed by atoms with Gasteiger partial charge in [-0.3, -0.25) is 4.79 Å². The van der Waals surface area contributed by atoms with E-state index in [1.54, 1.807) is 0 Å². The maximum atomic E-state index is 12.3. The lowest BCUT2D eigenvalue weighted by molar-refractivity contribution is -0.127. The predicted molar refractivity (Wildman–Crippen MR) is 83.2 cm³/mol. The molecule has 0 aromatic carbocycles. The van der Waals surface area contributed by atoms with Gasteiger partial charge in [-0.15, -0.1) is 0 Å². The van der Waals surface area contributed by atoms with Crippen molar-refractivity contribution >= 4 is 5.91 Å². The molecule has 1 N–H and O–H groups in total. The van der Waals surface area contributed by atoms with Crippen LogP contribution in [-0.2, 0) is 9.53 Å². The summed E-state index contributed by atoms with van der Waals surface area (Å²) in [5.74, 6) is 0.631. The van der Waals surface area contributed by atoms with E-state index < -0.39 is 0 Å². The molecule has 21 heavy (non-hydrogen) atoms. The zero-order valence-corrected chi connectivity index (χ0v) is 13.2. The smallest absolute Gasteiger partial charge is 0.223 e. The van der Waals surface area contributed by atoms with Crippen LogP contribution in [0.2, 0.25) is 0 Å². The molecule has 0 bridgehead atoms. The number of carbonyl (C=O) groups excluding carboxylic acids is 1. The number of nitrogens with one attached hydrogen (secondary N) is 1. The first-order valence-electron chi connectivity index (χ1n) is 8.95. The van der Waals surface area contributed by atoms with E-state index in [1.165, 1.54) is 32.1 Å². The molecule has 0 radical (unpaired) electrons. The van der Waals surface area contributed by atoms with Crippen LogP contribution in [0.5, 0.6) is 0 Å². The van der Waals surface area contributed by atoms with E-state index in [0.29, 0.717) is 23.9 Å². The van der Waals surface area contributed by atoms with E-state index in [0.717, 1.165) is 52.0 Å². The van der Waals surface area contributed by atoms with Crippen LogP contribution >= 0.6 is 0 Å². The lowest BCUT2D eigenvalue weighted by Gasteiger charge is -2.39. The van der Waals surface area contributed by atoms with Gasteiger partial charge < -0.3 is 15.0 Å². The van der Waals surface area contributed by atoms with Crippen LogP contribution in [0.4, 0.5) is 0 Å². The first-order valence-corrected chi connectivity index (χ1v) is 8.95. The highest BCUT2D eigenvalue weighted by Crippen LogP contribution is 2.25. The zero-order valence-electron chi connectivity index (χ0n) is 13.2. The van der Waals surface area contributed by atoms with Crippen LogP contribution in [0.15, 0.2) is 0 Å². The van der Waals surface area contributed by atoms with Crippen LogP contribution in [-0.4, -0.2) is 49.2 Å². The SMILES string of the molecule is O=C(NC1CCN(C2CCOCC2)CC1)C1CCCCC1. The molecule has 3 fully saturated rings. The van der Waals surface area contributed by atoms with Crippen molar-refractivity contribution in [1.29, 1.82) is 0 Å². The highest BCUT2D eigenvalue weighted by atomic mass is 16.5. The maximum Gasteiger partial charge on any atom is 0.223 e. The molecule has 1 saturated carbocycles. The quantitative estimate of drug-likeness (QED) is 0.868. The van der Waals surface area contributed by atoms with E-state index in [9.17, 15) is 4.79 Å². The summed E-state index contributed by atoms with van der Waals surface area (Å²) in [5.41, 5.74) is 0. The highest BCUT2D eigenvalue weighted by molar-refractivity contribution is 5.79. The van der Waals surface area contributed by atoms with Crippen LogP contribution in [0.1, 0.15) is 57.8 Å². The van der Waals surface area contributed by atoms with Gasteiger partial charge in [-0.25, -0.2) is 0 Å². The van der Waals surface area contributed by atoms with Crippen LogP contribution in [0.25, 0.3) is 0 Å². The van der Waals surface area contributed by atoms with Crippen molar-refractivity contribution in [1.82, 2.24) is 10.2 Å². The number of hydrogen-bond acceptors (Lipinski definition) is 3. The molecule has 4 heteroatoms. The Morgan fingerprint density at radius 2 is 1.57 bits per heavy atom. The van der Waals surface area contributed by atoms with Gasteiger partial charge in [0.25, 0.3) is 0 Å². The molecule has 2 heterocycles. The van der Waals surface area contributed by atoms with Crippen molar-refractivity contribution < 1.29 is 9.53 Å². The molecule has 4 nitrogen and oxygen atoms in total. The average molecular weight is 294 g/mol. The van der Waals surface area contributed by atoms with Crippen molar-refractivity contribution in [3.8, 4) is 0 Å². The van der Waals surface area contributed by atoms with Crippen LogP contribution < -0.4 is 5.32 Å². The summed E-state index contributed by atoms with van der Waals surface area (Å²) in [6.07, 6.45) is 10.6. The van der Waals surface area contributed by atoms with Gasteiger partial charge in [0, 0.05) is 44.3 Å². The lowest BCUT2D eigenvalue weighted by atomic mass is 9.88. The molecule has 1 aliphatic carbocycles. The van der Waals surface area contributed by atoms with Crippen LogP contribution in [0.3, 0.4) is 0 Å². The van der Waals surface area contributed by atoms with E-state index in [2.05, 4.69) is 10.2 Å². The summed E-state index contributed by atoms with van der Waals surface area (Å²) in [7, 11) is 0. The number of piperidine rings is 1. The minimum atomic E-state index is 0.298. The minimum Gasteiger partial charge on any atom is -0.381 e. The summed E-state index contributed by atoms with van der Waals surface area (Å²) in [4.78, 5) is 14.9. The molecule has 120 valence electrons. The van der Waals surface area contributed by atoms with Crippen molar-refractivity contribution in [2.75, 3.05) is 26.3 Å². The summed E-state index contributed by atoms with van der Waals surface area (Å²) in [6, 6.07) is 1.13. The summed E-state index contributed by atoms with van der Waals surface area (Å²) in [5, 5.41) is 3.32. The van der Waals surface area contributed by atoms with Crippen molar-refractivity contribution in [3.05, 3.63) is 0 Å². The third kappa shape index (κ3) is 4.19. The Morgan fingerprint density at radius 1 is 0.905 bits per heavy atom. The van der Waals surface area contributed by atoms with Gasteiger partial charge in [0.15, 0.2) is 0 Å². The predicted octanol–water partition coefficient (Wildman–Crippen LogP) is 2.33. The Balaban J connectivity index is 1.39. The molecular formula is C17H30N2O2. The van der Waals surface area contributed by atoms with E-state index in [1.807, 2.05) is 0 Å². The number of carbonyl (C=O) groups is 1. The van der Waals surface area contributed by atoms with Crippen molar-refractivity contribution in [3.63, 3.8) is 0 Å². The fourth-order valence-corrected chi connectivity index (χ4v) is 4.14. The lowest BCUT2D eigenvalue weighted by Crippen LogP contribution is -2.50. The number of hydrogen-bond donors (Lipinski definition) is 1. The number of nitrogens with zero attached hydrogens (tertiary/aromatic N) is 1. The number of ether oxygens (including phenoxy) is 1. The number of rotatable bonds is 3. The monoisotopic (exact) mass is 294 g/mol. The highest BCUT2D eigenvalue weighted by Gasteiger charge is 2.28. The topological polar surface area (TPSA) is 41.6 Å². The molecule has 0 aromatic rings. The first-order chi connectivity index (χ1) is 10.3. The normalized spacial score (nSPS) is 27.6. The second kappa shape index (κ2) is 7.59. The van der Waals surface area contributed by atoms with E-state index in [-0.39, 0.29) is 0 Å². The second-order valence-corrected chi connectivity index (χ2v) is 7.00. The minimum absolute atomic E-state index is 0.298. The third-order valence-electron chi connectivity index (χ3n) is 5.56. The van der Waals surface area contributed by atoms with Gasteiger partial charge in [-0.2, -0.15) is 0 Å². The van der Waals surface area contributed by atoms with Gasteiger partial charge >= 0.3 is 0 Å². The first kappa shape index (κ1) is 15.3. The fraction of sp³-hybridized carbons (Fsp3) is 0.941. The largest absolute Gasteiger partial charge is 0.381 e. The fourth-order valence-electron chi connectivity index (χ4n) is 4.14. The molecule has 2 saturated heterocycles. The number of likely N-dealkylation sites (tertiary alicyclic amines) is 1. The van der Waals surface area contributed by atoms with Gasteiger partial charge in [0.1, 0.15) is 0 Å². The molecule has 2 aliphatic heterocycles. The molecular weight excluding hydrogens is 264 g/mol. The van der Waals surface area contributed by atoms with Gasteiger partial charge in [0.05, 0.1) is 0 Å². The Bertz CT molecular complexity index is 328. The Labute approximate surface area is 128 Å². The van der Waals surface area contributed by atoms with Gasteiger partial charge in [-0.05, 0) is 38.5 Å². The van der Waals surface area contributed by atoms with Crippen molar-refractivity contribution in [2.45, 2.75) is 69.9 Å². The van der Waals surface area contributed by atoms with E-state index in [4.69, 9.17) is 4.74 Å². The second-order valence-electron chi connectivity index (χ2n) is 7.00. The molecule has 1 amide bonds. The molecule has 0 aromatic heterocycles. The van der Waals surface area contributed by atoms with E-state index >= 15 is 0 Å². The Kier molecular flexibility index (Phi) is 5.53. The molecule has 0 atom stereocenters. The third-order valence-corrected chi connectivity index (χ3v) is 5.56. The average Bonchev–Trinajstić information content (AvgIpc) is 2.57. The number of amides is 1. The standard InChI is InChI=1S/C17H30N2O2/c20-17(14-4-2-1-3-5-14)18-15-6-10-19(11-7-15)16-8-12-21-13-9-16/h14-16H,1-13H2,(H,18,20). The Morgan fingerprint density at radius 3 is 2.24 bits per heavy atom. The Hall–Kier alpha value is -0.610. The van der Waals surface area contributed by atoms with Crippen LogP contribution in [0, 0.1) is 5.92 Å². The van der Waals surface area contributed by atoms with Gasteiger partial charge in [0.2, 0.25) is 5.91 Å². The summed E-state index contributed by atoms with van der Waals surface area (Å²) >= 11 is 0. The molecule has 0 spiro atoms. The summed E-state index contributed by atoms with van der Waals surface area (Å²) < 4.78 is 5.45. The zero-order chi connectivity index (χ0) is 14.5. The maximum absolute atomic E-state index is 12.3. The summed E-state index contributed by atoms with van der Waals surface area (Å²) in [6.45, 7) is 4.12. The van der Waals surface area contributed by atoms with Gasteiger partial charge in [-0.1, -0.05) is 19.3 Å².